The van der Waals surface area contributed by atoms with Gasteiger partial charge in [0.1, 0.15) is 25.9 Å². The minimum absolute atomic E-state index is 0.0319. The van der Waals surface area contributed by atoms with Crippen molar-refractivity contribution in [3.05, 3.63) is 0 Å². The van der Waals surface area contributed by atoms with E-state index in [1.807, 2.05) is 0 Å². The van der Waals surface area contributed by atoms with Crippen LogP contribution in [0.25, 0.3) is 0 Å². The van der Waals surface area contributed by atoms with Crippen molar-refractivity contribution in [2.45, 2.75) is 265 Å². The Labute approximate surface area is 410 Å². The van der Waals surface area contributed by atoms with Crippen molar-refractivity contribution in [1.82, 2.24) is 4.90 Å². The lowest BCUT2D eigenvalue weighted by atomic mass is 10.0. The van der Waals surface area contributed by atoms with Crippen LogP contribution in [-0.4, -0.2) is 93.7 Å². The SMILES string of the molecule is CCCCCCCCCCOC(=O)CCCCCC(=O)OCC(COC(=O)CCCCCCCC(=O)OC(CCCCCCCC)CCCCCCCC)COC(=O)OCCCN(CC)CC. The van der Waals surface area contributed by atoms with Crippen LogP contribution in [0.4, 0.5) is 4.79 Å². The van der Waals surface area contributed by atoms with Gasteiger partial charge in [0.05, 0.1) is 19.1 Å². The molecule has 0 heterocycles. The third-order valence-electron chi connectivity index (χ3n) is 12.5. The molecule has 12 heteroatoms. The van der Waals surface area contributed by atoms with E-state index in [-0.39, 0.29) is 63.3 Å². The molecule has 1 unspecified atom stereocenters. The highest BCUT2D eigenvalue weighted by Crippen LogP contribution is 2.19. The summed E-state index contributed by atoms with van der Waals surface area (Å²) in [4.78, 5) is 64.8. The number of carbonyl (C=O) groups is 5. The molecule has 0 spiro atoms. The quantitative estimate of drug-likeness (QED) is 0.0325. The van der Waals surface area contributed by atoms with E-state index in [0.29, 0.717) is 51.6 Å². The number of carbonyl (C=O) groups excluding carboxylic acids is 5. The van der Waals surface area contributed by atoms with Crippen LogP contribution in [0.2, 0.25) is 0 Å². The lowest BCUT2D eigenvalue weighted by Gasteiger charge is -2.18. The Morgan fingerprint density at radius 3 is 1.18 bits per heavy atom. The van der Waals surface area contributed by atoms with Gasteiger partial charge in [0, 0.05) is 32.2 Å². The average Bonchev–Trinajstić information content (AvgIpc) is 3.32. The summed E-state index contributed by atoms with van der Waals surface area (Å²) in [6, 6.07) is 0. The number of rotatable bonds is 50. The van der Waals surface area contributed by atoms with Crippen LogP contribution in [0.3, 0.4) is 0 Å². The zero-order valence-electron chi connectivity index (χ0n) is 44.0. The Morgan fingerprint density at radius 2 is 0.716 bits per heavy atom. The fourth-order valence-electron chi connectivity index (χ4n) is 8.01. The summed E-state index contributed by atoms with van der Waals surface area (Å²) in [5, 5.41) is 0. The second kappa shape index (κ2) is 49.5. The summed E-state index contributed by atoms with van der Waals surface area (Å²) in [6.07, 6.45) is 33.4. The Bertz CT molecular complexity index is 1150. The fourth-order valence-corrected chi connectivity index (χ4v) is 8.01. The van der Waals surface area contributed by atoms with Crippen molar-refractivity contribution in [2.75, 3.05) is 52.7 Å². The number of esters is 4. The van der Waals surface area contributed by atoms with Crippen LogP contribution >= 0.6 is 0 Å². The Kier molecular flexibility index (Phi) is 47.4. The molecule has 0 aliphatic carbocycles. The van der Waals surface area contributed by atoms with Crippen LogP contribution in [0.5, 0.6) is 0 Å². The highest BCUT2D eigenvalue weighted by molar-refractivity contribution is 5.70. The summed E-state index contributed by atoms with van der Waals surface area (Å²) in [5.74, 6) is -1.60. The number of unbranched alkanes of at least 4 members (excludes halogenated alkanes) is 23. The van der Waals surface area contributed by atoms with Crippen LogP contribution in [0, 0.1) is 5.92 Å². The van der Waals surface area contributed by atoms with Crippen molar-refractivity contribution in [3.63, 3.8) is 0 Å². The maximum atomic E-state index is 12.8. The highest BCUT2D eigenvalue weighted by Gasteiger charge is 2.19. The van der Waals surface area contributed by atoms with Crippen LogP contribution in [-0.2, 0) is 47.6 Å². The topological polar surface area (TPSA) is 144 Å². The van der Waals surface area contributed by atoms with E-state index in [1.54, 1.807) is 0 Å². The fraction of sp³-hybridized carbons (Fsp3) is 0.909. The molecule has 67 heavy (non-hydrogen) atoms. The smallest absolute Gasteiger partial charge is 0.466 e. The zero-order valence-corrected chi connectivity index (χ0v) is 44.0. The summed E-state index contributed by atoms with van der Waals surface area (Å²) >= 11 is 0. The van der Waals surface area contributed by atoms with E-state index in [9.17, 15) is 24.0 Å². The molecule has 394 valence electrons. The predicted molar refractivity (Wildman–Crippen MR) is 270 cm³/mol. The molecule has 0 rings (SSSR count). The molecule has 0 amide bonds. The third kappa shape index (κ3) is 45.3. The highest BCUT2D eigenvalue weighted by atomic mass is 16.7. The molecule has 0 aromatic rings. The van der Waals surface area contributed by atoms with Crippen LogP contribution < -0.4 is 0 Å². The van der Waals surface area contributed by atoms with E-state index in [2.05, 4.69) is 39.5 Å². The monoisotopic (exact) mass is 954 g/mol. The van der Waals surface area contributed by atoms with Gasteiger partial charge in [-0.1, -0.05) is 169 Å². The van der Waals surface area contributed by atoms with E-state index in [1.165, 1.54) is 103 Å². The van der Waals surface area contributed by atoms with Gasteiger partial charge in [0.25, 0.3) is 0 Å². The molecular formula is C55H103NO11. The molecule has 0 bridgehead atoms. The van der Waals surface area contributed by atoms with Gasteiger partial charge in [-0.15, -0.1) is 0 Å². The first kappa shape index (κ1) is 64.1. The third-order valence-corrected chi connectivity index (χ3v) is 12.5. The number of nitrogens with zero attached hydrogens (tertiary/aromatic N) is 1. The molecule has 0 aromatic carbocycles. The van der Waals surface area contributed by atoms with E-state index in [4.69, 9.17) is 28.4 Å². The zero-order chi connectivity index (χ0) is 49.3. The number of hydrogen-bond donors (Lipinski definition) is 0. The first-order valence-corrected chi connectivity index (χ1v) is 27.9. The lowest BCUT2D eigenvalue weighted by Crippen LogP contribution is -2.27. The van der Waals surface area contributed by atoms with Crippen molar-refractivity contribution < 1.29 is 52.4 Å². The van der Waals surface area contributed by atoms with Gasteiger partial charge in [-0.05, 0) is 77.3 Å². The Hall–Kier alpha value is -2.89. The molecule has 0 radical (unpaired) electrons. The largest absolute Gasteiger partial charge is 0.508 e. The van der Waals surface area contributed by atoms with Crippen molar-refractivity contribution in [3.8, 4) is 0 Å². The molecule has 0 saturated heterocycles. The molecule has 0 aliphatic rings. The standard InChI is InChI=1S/C55H103NO11/c1-6-11-14-17-20-21-27-35-44-62-51(57)39-33-28-34-41-53(59)65-47-49(48-66-55(61)63-45-36-43-56(9-4)10-5)46-64-52(58)40-31-25-22-26-32-42-54(60)67-50(37-29-23-18-15-12-7-2)38-30-24-19-16-13-8-3/h49-50H,6-48H2,1-5H3. The van der Waals surface area contributed by atoms with Gasteiger partial charge in [0.15, 0.2) is 0 Å². The average molecular weight is 954 g/mol. The molecular weight excluding hydrogens is 851 g/mol. The van der Waals surface area contributed by atoms with E-state index in [0.717, 1.165) is 83.8 Å². The molecule has 0 saturated carbocycles. The maximum absolute atomic E-state index is 12.8. The molecule has 0 fully saturated rings. The molecule has 0 aliphatic heterocycles. The Balaban J connectivity index is 4.61. The minimum Gasteiger partial charge on any atom is -0.466 e. The van der Waals surface area contributed by atoms with Gasteiger partial charge in [-0.3, -0.25) is 19.2 Å². The Morgan fingerprint density at radius 1 is 0.358 bits per heavy atom. The van der Waals surface area contributed by atoms with Gasteiger partial charge in [0.2, 0.25) is 0 Å². The number of hydrogen-bond acceptors (Lipinski definition) is 12. The van der Waals surface area contributed by atoms with Crippen LogP contribution in [0.15, 0.2) is 0 Å². The molecule has 12 nitrogen and oxygen atoms in total. The predicted octanol–water partition coefficient (Wildman–Crippen LogP) is 14.4. The van der Waals surface area contributed by atoms with E-state index >= 15 is 0 Å². The lowest BCUT2D eigenvalue weighted by molar-refractivity contribution is -0.151. The van der Waals surface area contributed by atoms with Crippen LogP contribution in [0.1, 0.15) is 259 Å². The van der Waals surface area contributed by atoms with Gasteiger partial charge in [-0.2, -0.15) is 0 Å². The molecule has 0 N–H and O–H groups in total. The van der Waals surface area contributed by atoms with Gasteiger partial charge >= 0.3 is 30.0 Å². The summed E-state index contributed by atoms with van der Waals surface area (Å²) in [5.41, 5.74) is 0. The number of ether oxygens (including phenoxy) is 6. The molecule has 0 aromatic heterocycles. The first-order chi connectivity index (χ1) is 32.7. The van der Waals surface area contributed by atoms with Crippen molar-refractivity contribution in [1.29, 1.82) is 0 Å². The van der Waals surface area contributed by atoms with Crippen molar-refractivity contribution >= 4 is 30.0 Å². The van der Waals surface area contributed by atoms with Gasteiger partial charge < -0.3 is 33.3 Å². The van der Waals surface area contributed by atoms with Crippen molar-refractivity contribution in [2.24, 2.45) is 5.92 Å². The maximum Gasteiger partial charge on any atom is 0.508 e. The minimum atomic E-state index is -0.812. The summed E-state index contributed by atoms with van der Waals surface area (Å²) in [7, 11) is 0. The summed E-state index contributed by atoms with van der Waals surface area (Å²) in [6.45, 7) is 13.9. The normalized spacial score (nSPS) is 11.7. The molecule has 1 atom stereocenters. The second-order valence-electron chi connectivity index (χ2n) is 18.8. The van der Waals surface area contributed by atoms with Gasteiger partial charge in [-0.25, -0.2) is 4.79 Å². The second-order valence-corrected chi connectivity index (χ2v) is 18.8. The first-order valence-electron chi connectivity index (χ1n) is 27.9. The van der Waals surface area contributed by atoms with E-state index < -0.39 is 18.0 Å². The summed E-state index contributed by atoms with van der Waals surface area (Å²) < 4.78 is 33.0.